The molecule has 0 spiro atoms. The number of fused-ring (bicyclic) bond motifs is 1. The average Bonchev–Trinajstić information content (AvgIpc) is 2.94. The van der Waals surface area contributed by atoms with Crippen LogP contribution >= 0.6 is 12.2 Å². The summed E-state index contributed by atoms with van der Waals surface area (Å²) in [7, 11) is 0. The molecule has 0 saturated carbocycles. The van der Waals surface area contributed by atoms with Crippen LogP contribution in [0.4, 0.5) is 0 Å². The highest BCUT2D eigenvalue weighted by atomic mass is 32.1. The molecule has 1 aromatic carbocycles. The molecule has 0 atom stereocenters. The summed E-state index contributed by atoms with van der Waals surface area (Å²) in [5.41, 5.74) is 9.72. The van der Waals surface area contributed by atoms with Crippen molar-refractivity contribution in [1.82, 2.24) is 4.98 Å². The van der Waals surface area contributed by atoms with E-state index in [1.165, 1.54) is 5.56 Å². The van der Waals surface area contributed by atoms with Gasteiger partial charge in [0.2, 0.25) is 0 Å². The smallest absolute Gasteiger partial charge is 0.150 e. The molecule has 3 N–H and O–H groups in total. The second-order valence-electron chi connectivity index (χ2n) is 4.27. The summed E-state index contributed by atoms with van der Waals surface area (Å²) in [4.78, 5) is 3.69. The molecule has 4 heteroatoms. The molecule has 0 unspecified atom stereocenters. The van der Waals surface area contributed by atoms with E-state index in [-0.39, 0.29) is 0 Å². The number of furan rings is 1. The van der Waals surface area contributed by atoms with Gasteiger partial charge in [-0.05, 0) is 31.2 Å². The van der Waals surface area contributed by atoms with E-state index >= 15 is 0 Å². The SMILES string of the molecule is Cc1ccc2[nH]c(-c3ccco3)c(C(N)=S)c2c1. The fraction of sp³-hybridized carbons (Fsp3) is 0.0714. The lowest BCUT2D eigenvalue weighted by Crippen LogP contribution is -2.09. The topological polar surface area (TPSA) is 55.0 Å². The summed E-state index contributed by atoms with van der Waals surface area (Å²) < 4.78 is 5.42. The van der Waals surface area contributed by atoms with Crippen molar-refractivity contribution in [3.8, 4) is 11.5 Å². The zero-order valence-corrected chi connectivity index (χ0v) is 10.7. The first-order valence-electron chi connectivity index (χ1n) is 5.63. The van der Waals surface area contributed by atoms with Gasteiger partial charge in [-0.2, -0.15) is 0 Å². The highest BCUT2D eigenvalue weighted by molar-refractivity contribution is 7.80. The zero-order chi connectivity index (χ0) is 12.7. The lowest BCUT2D eigenvalue weighted by Gasteiger charge is -2.00. The first kappa shape index (κ1) is 11.0. The van der Waals surface area contributed by atoms with Crippen molar-refractivity contribution in [1.29, 1.82) is 0 Å². The van der Waals surface area contributed by atoms with Crippen LogP contribution in [-0.2, 0) is 0 Å². The van der Waals surface area contributed by atoms with Crippen LogP contribution in [-0.4, -0.2) is 9.97 Å². The van der Waals surface area contributed by atoms with Gasteiger partial charge in [0.25, 0.3) is 0 Å². The van der Waals surface area contributed by atoms with Crippen molar-refractivity contribution in [2.24, 2.45) is 5.73 Å². The van der Waals surface area contributed by atoms with Crippen LogP contribution in [0.15, 0.2) is 41.0 Å². The second kappa shape index (κ2) is 3.99. The highest BCUT2D eigenvalue weighted by Gasteiger charge is 2.16. The molecule has 3 nitrogen and oxygen atoms in total. The van der Waals surface area contributed by atoms with Crippen molar-refractivity contribution in [3.63, 3.8) is 0 Å². The lowest BCUT2D eigenvalue weighted by atomic mass is 10.1. The Hall–Kier alpha value is -2.07. The summed E-state index contributed by atoms with van der Waals surface area (Å²) >= 11 is 5.16. The van der Waals surface area contributed by atoms with Gasteiger partial charge >= 0.3 is 0 Å². The van der Waals surface area contributed by atoms with Crippen molar-refractivity contribution in [2.75, 3.05) is 0 Å². The molecule has 0 amide bonds. The number of thiocarbonyl (C=S) groups is 1. The van der Waals surface area contributed by atoms with Crippen LogP contribution in [0, 0.1) is 6.92 Å². The Bertz CT molecular complexity index is 726. The highest BCUT2D eigenvalue weighted by Crippen LogP contribution is 2.31. The number of aryl methyl sites for hydroxylation is 1. The molecule has 0 saturated heterocycles. The van der Waals surface area contributed by atoms with Crippen LogP contribution in [0.5, 0.6) is 0 Å². The fourth-order valence-corrected chi connectivity index (χ4v) is 2.38. The largest absolute Gasteiger partial charge is 0.463 e. The molecule has 0 radical (unpaired) electrons. The van der Waals surface area contributed by atoms with Gasteiger partial charge in [0.15, 0.2) is 5.76 Å². The Morgan fingerprint density at radius 1 is 1.33 bits per heavy atom. The number of hydrogen-bond donors (Lipinski definition) is 2. The third-order valence-electron chi connectivity index (χ3n) is 2.97. The molecule has 3 rings (SSSR count). The van der Waals surface area contributed by atoms with E-state index in [1.807, 2.05) is 31.2 Å². The fourth-order valence-electron chi connectivity index (χ4n) is 2.17. The number of nitrogens with one attached hydrogen (secondary N) is 1. The Morgan fingerprint density at radius 3 is 2.83 bits per heavy atom. The Kier molecular flexibility index (Phi) is 2.45. The summed E-state index contributed by atoms with van der Waals surface area (Å²) in [5.74, 6) is 0.742. The molecule has 3 aromatic rings. The molecule has 2 heterocycles. The first-order chi connectivity index (χ1) is 8.66. The lowest BCUT2D eigenvalue weighted by molar-refractivity contribution is 0.580. The van der Waals surface area contributed by atoms with E-state index in [2.05, 4.69) is 11.1 Å². The van der Waals surface area contributed by atoms with E-state index in [0.29, 0.717) is 4.99 Å². The van der Waals surface area contributed by atoms with Gasteiger partial charge in [-0.15, -0.1) is 0 Å². The van der Waals surface area contributed by atoms with Crippen LogP contribution < -0.4 is 5.73 Å². The first-order valence-corrected chi connectivity index (χ1v) is 6.03. The van der Waals surface area contributed by atoms with Gasteiger partial charge in [0.05, 0.1) is 12.0 Å². The van der Waals surface area contributed by atoms with Crippen LogP contribution in [0.25, 0.3) is 22.4 Å². The third kappa shape index (κ3) is 1.62. The summed E-state index contributed by atoms with van der Waals surface area (Å²) in [6.45, 7) is 2.04. The van der Waals surface area contributed by atoms with Crippen molar-refractivity contribution >= 4 is 28.1 Å². The Balaban J connectivity index is 2.38. The van der Waals surface area contributed by atoms with Gasteiger partial charge in [-0.25, -0.2) is 0 Å². The minimum Gasteiger partial charge on any atom is -0.463 e. The number of aromatic nitrogens is 1. The molecule has 0 fully saturated rings. The average molecular weight is 256 g/mol. The molecular formula is C14H12N2OS. The maximum Gasteiger partial charge on any atom is 0.150 e. The van der Waals surface area contributed by atoms with Crippen LogP contribution in [0.1, 0.15) is 11.1 Å². The van der Waals surface area contributed by atoms with Crippen LogP contribution in [0.2, 0.25) is 0 Å². The Morgan fingerprint density at radius 2 is 2.17 bits per heavy atom. The molecule has 90 valence electrons. The molecule has 0 aliphatic rings. The number of hydrogen-bond acceptors (Lipinski definition) is 2. The third-order valence-corrected chi connectivity index (χ3v) is 3.17. The van der Waals surface area contributed by atoms with Gasteiger partial charge in [0, 0.05) is 16.5 Å². The van der Waals surface area contributed by atoms with E-state index in [4.69, 9.17) is 22.4 Å². The molecular weight excluding hydrogens is 244 g/mol. The molecule has 18 heavy (non-hydrogen) atoms. The quantitative estimate of drug-likeness (QED) is 0.691. The van der Waals surface area contributed by atoms with E-state index in [1.54, 1.807) is 6.26 Å². The number of aromatic amines is 1. The number of H-pyrrole nitrogens is 1. The van der Waals surface area contributed by atoms with Gasteiger partial charge in [-0.1, -0.05) is 23.8 Å². The van der Waals surface area contributed by atoms with Crippen LogP contribution in [0.3, 0.4) is 0 Å². The van der Waals surface area contributed by atoms with Gasteiger partial charge in [0.1, 0.15) is 4.99 Å². The van der Waals surface area contributed by atoms with Gasteiger partial charge in [-0.3, -0.25) is 0 Å². The standard InChI is InChI=1S/C14H12N2OS/c1-8-4-5-10-9(7-8)12(14(15)18)13(16-10)11-3-2-6-17-11/h2-7,16H,1H3,(H2,15,18). The number of nitrogens with two attached hydrogens (primary N) is 1. The maximum atomic E-state index is 5.85. The van der Waals surface area contributed by atoms with E-state index < -0.39 is 0 Å². The summed E-state index contributed by atoms with van der Waals surface area (Å²) in [6.07, 6.45) is 1.63. The predicted molar refractivity (Wildman–Crippen MR) is 76.6 cm³/mol. The van der Waals surface area contributed by atoms with Crippen molar-refractivity contribution < 1.29 is 4.42 Å². The Labute approximate surface area is 110 Å². The second-order valence-corrected chi connectivity index (χ2v) is 4.71. The monoisotopic (exact) mass is 256 g/mol. The maximum absolute atomic E-state index is 5.85. The van der Waals surface area contributed by atoms with Crippen molar-refractivity contribution in [3.05, 3.63) is 47.7 Å². The minimum absolute atomic E-state index is 0.373. The summed E-state index contributed by atoms with van der Waals surface area (Å²) in [6, 6.07) is 9.88. The summed E-state index contributed by atoms with van der Waals surface area (Å²) in [5, 5.41) is 1.04. The molecule has 0 aliphatic carbocycles. The van der Waals surface area contributed by atoms with Gasteiger partial charge < -0.3 is 15.1 Å². The molecule has 0 aliphatic heterocycles. The molecule has 0 bridgehead atoms. The number of benzene rings is 1. The van der Waals surface area contributed by atoms with E-state index in [0.717, 1.165) is 27.9 Å². The zero-order valence-electron chi connectivity index (χ0n) is 9.86. The number of rotatable bonds is 2. The van der Waals surface area contributed by atoms with Crippen molar-refractivity contribution in [2.45, 2.75) is 6.92 Å². The molecule has 2 aromatic heterocycles. The normalized spacial score (nSPS) is 10.9. The minimum atomic E-state index is 0.373. The van der Waals surface area contributed by atoms with E-state index in [9.17, 15) is 0 Å². The predicted octanol–water partition coefficient (Wildman–Crippen LogP) is 3.37.